The normalized spacial score (nSPS) is 14.8. The van der Waals surface area contributed by atoms with E-state index in [1.807, 2.05) is 0 Å². The fourth-order valence-electron chi connectivity index (χ4n) is 3.26. The van der Waals surface area contributed by atoms with Gasteiger partial charge in [-0.1, -0.05) is 12.1 Å². The van der Waals surface area contributed by atoms with Gasteiger partial charge in [0, 0.05) is 5.69 Å². The summed E-state index contributed by atoms with van der Waals surface area (Å²) in [7, 11) is 0. The fraction of sp³-hybridized carbons (Fsp3) is 0.333. The molecule has 1 aromatic heterocycles. The lowest BCUT2D eigenvalue weighted by molar-refractivity contribution is 0.0514. The van der Waals surface area contributed by atoms with Gasteiger partial charge in [0.1, 0.15) is 0 Å². The molecule has 0 unspecified atom stereocenters. The van der Waals surface area contributed by atoms with Crippen LogP contribution in [0.3, 0.4) is 0 Å². The first-order chi connectivity index (χ1) is 11.8. The van der Waals surface area contributed by atoms with Crippen LogP contribution >= 0.6 is 0 Å². The Morgan fingerprint density at radius 2 is 1.68 bits per heavy atom. The largest absolute Gasteiger partial charge is 0.389 e. The Balaban J connectivity index is 1.75. The Labute approximate surface area is 144 Å². The molecule has 0 saturated heterocycles. The number of aliphatic hydroxyl groups excluding tert-OH is 1. The van der Waals surface area contributed by atoms with Crippen LogP contribution in [0.15, 0.2) is 24.3 Å². The second-order valence-corrected chi connectivity index (χ2v) is 6.20. The van der Waals surface area contributed by atoms with Gasteiger partial charge in [-0.15, -0.1) is 0 Å². The van der Waals surface area contributed by atoms with Crippen LogP contribution in [-0.2, 0) is 6.54 Å². The zero-order chi connectivity index (χ0) is 18.3. The Bertz CT molecular complexity index is 849. The van der Waals surface area contributed by atoms with Gasteiger partial charge in [0.05, 0.1) is 41.6 Å². The number of carbonyl (C=O) groups excluding carboxylic acids is 3. The summed E-state index contributed by atoms with van der Waals surface area (Å²) in [5.74, 6) is -0.897. The summed E-state index contributed by atoms with van der Waals surface area (Å²) < 4.78 is 1.54. The second-order valence-electron chi connectivity index (χ2n) is 6.20. The number of ketones is 1. The maximum Gasteiger partial charge on any atom is 0.261 e. The Morgan fingerprint density at radius 3 is 2.16 bits per heavy atom. The predicted molar refractivity (Wildman–Crippen MR) is 89.5 cm³/mol. The van der Waals surface area contributed by atoms with Crippen molar-refractivity contribution in [1.82, 2.24) is 14.7 Å². The highest BCUT2D eigenvalue weighted by Gasteiger charge is 2.36. The molecule has 7 nitrogen and oxygen atoms in total. The molecule has 1 aromatic carbocycles. The maximum absolute atomic E-state index is 12.3. The highest BCUT2D eigenvalue weighted by atomic mass is 16.3. The van der Waals surface area contributed by atoms with Crippen LogP contribution < -0.4 is 0 Å². The number of rotatable bonds is 5. The van der Waals surface area contributed by atoms with E-state index in [1.165, 1.54) is 11.6 Å². The molecule has 0 saturated carbocycles. The SMILES string of the molecule is CC(=O)c1c(C)nn(C[C@H](O)CN2C(=O)c3ccccc3C2=O)c1C. The number of hydrogen-bond donors (Lipinski definition) is 1. The number of fused-ring (bicyclic) bond motifs is 1. The molecule has 3 rings (SSSR count). The molecule has 0 spiro atoms. The lowest BCUT2D eigenvalue weighted by Gasteiger charge is -2.19. The smallest absolute Gasteiger partial charge is 0.261 e. The van der Waals surface area contributed by atoms with E-state index in [4.69, 9.17) is 0 Å². The number of Topliss-reactive ketones (excluding diaryl/α,β-unsaturated/α-hetero) is 1. The third-order valence-corrected chi connectivity index (χ3v) is 4.39. The number of benzene rings is 1. The molecule has 1 aliphatic heterocycles. The minimum Gasteiger partial charge on any atom is -0.389 e. The maximum atomic E-state index is 12.3. The van der Waals surface area contributed by atoms with Crippen molar-refractivity contribution < 1.29 is 19.5 Å². The molecular formula is C18H19N3O4. The van der Waals surface area contributed by atoms with Crippen molar-refractivity contribution in [1.29, 1.82) is 0 Å². The molecule has 1 N–H and O–H groups in total. The summed E-state index contributed by atoms with van der Waals surface area (Å²) in [4.78, 5) is 37.4. The first kappa shape index (κ1) is 17.0. The number of β-amino-alcohol motifs (C(OH)–C–C–N with tert-alkyl or cyclic N) is 1. The average molecular weight is 341 g/mol. The Hall–Kier alpha value is -2.80. The van der Waals surface area contributed by atoms with Gasteiger partial charge in [-0.25, -0.2) is 0 Å². The molecular weight excluding hydrogens is 322 g/mol. The van der Waals surface area contributed by atoms with Gasteiger partial charge in [0.25, 0.3) is 11.8 Å². The van der Waals surface area contributed by atoms with Crippen LogP contribution in [0.4, 0.5) is 0 Å². The van der Waals surface area contributed by atoms with Crippen LogP contribution in [0.1, 0.15) is 49.4 Å². The topological polar surface area (TPSA) is 92.5 Å². The summed E-state index contributed by atoms with van der Waals surface area (Å²) in [6.07, 6.45) is -0.986. The van der Waals surface area contributed by atoms with Crippen molar-refractivity contribution >= 4 is 17.6 Å². The molecule has 1 aliphatic rings. The number of imide groups is 1. The van der Waals surface area contributed by atoms with Crippen molar-refractivity contribution in [3.63, 3.8) is 0 Å². The van der Waals surface area contributed by atoms with Crippen molar-refractivity contribution in [2.45, 2.75) is 33.4 Å². The van der Waals surface area contributed by atoms with Gasteiger partial charge in [0.2, 0.25) is 0 Å². The summed E-state index contributed by atoms with van der Waals surface area (Å²) in [6.45, 7) is 4.92. The number of amides is 2. The molecule has 0 radical (unpaired) electrons. The molecule has 2 amide bonds. The first-order valence-corrected chi connectivity index (χ1v) is 7.99. The van der Waals surface area contributed by atoms with Gasteiger partial charge < -0.3 is 5.11 Å². The van der Waals surface area contributed by atoms with Gasteiger partial charge in [-0.05, 0) is 32.9 Å². The molecule has 130 valence electrons. The number of aliphatic hydroxyl groups is 1. The van der Waals surface area contributed by atoms with Crippen LogP contribution in [0.5, 0.6) is 0 Å². The zero-order valence-electron chi connectivity index (χ0n) is 14.3. The van der Waals surface area contributed by atoms with Crippen LogP contribution in [-0.4, -0.2) is 50.0 Å². The van der Waals surface area contributed by atoms with E-state index in [0.29, 0.717) is 28.1 Å². The third kappa shape index (κ3) is 2.87. The third-order valence-electron chi connectivity index (χ3n) is 4.39. The van der Waals surface area contributed by atoms with Crippen LogP contribution in [0.2, 0.25) is 0 Å². The Kier molecular flexibility index (Phi) is 4.26. The zero-order valence-corrected chi connectivity index (χ0v) is 14.3. The number of carbonyl (C=O) groups is 3. The summed E-state index contributed by atoms with van der Waals surface area (Å²) in [5, 5.41) is 14.6. The van der Waals surface area contributed by atoms with E-state index in [2.05, 4.69) is 5.10 Å². The van der Waals surface area contributed by atoms with Crippen molar-refractivity contribution in [2.24, 2.45) is 0 Å². The number of hydrogen-bond acceptors (Lipinski definition) is 5. The molecule has 2 aromatic rings. The molecule has 25 heavy (non-hydrogen) atoms. The minimum absolute atomic E-state index is 0.0870. The minimum atomic E-state index is -0.986. The molecule has 7 heteroatoms. The second kappa shape index (κ2) is 6.25. The van der Waals surface area contributed by atoms with E-state index in [1.54, 1.807) is 38.1 Å². The van der Waals surface area contributed by atoms with E-state index in [9.17, 15) is 19.5 Å². The number of nitrogens with zero attached hydrogens (tertiary/aromatic N) is 3. The lowest BCUT2D eigenvalue weighted by Crippen LogP contribution is -2.38. The van der Waals surface area contributed by atoms with Gasteiger partial charge in [0.15, 0.2) is 5.78 Å². The first-order valence-electron chi connectivity index (χ1n) is 7.99. The predicted octanol–water partition coefficient (Wildman–Crippen LogP) is 1.36. The summed E-state index contributed by atoms with van der Waals surface area (Å²) in [6, 6.07) is 6.59. The highest BCUT2D eigenvalue weighted by molar-refractivity contribution is 6.21. The molecule has 0 aliphatic carbocycles. The van der Waals surface area contributed by atoms with E-state index < -0.39 is 17.9 Å². The number of aryl methyl sites for hydroxylation is 1. The Morgan fingerprint density at radius 1 is 1.12 bits per heavy atom. The van der Waals surface area contributed by atoms with Crippen LogP contribution in [0, 0.1) is 13.8 Å². The molecule has 2 heterocycles. The summed E-state index contributed by atoms with van der Waals surface area (Å²) in [5.41, 5.74) is 2.49. The van der Waals surface area contributed by atoms with Gasteiger partial charge in [-0.3, -0.25) is 24.0 Å². The average Bonchev–Trinajstić information content (AvgIpc) is 2.96. The van der Waals surface area contributed by atoms with Crippen molar-refractivity contribution in [3.8, 4) is 0 Å². The highest BCUT2D eigenvalue weighted by Crippen LogP contribution is 2.23. The van der Waals surface area contributed by atoms with Crippen molar-refractivity contribution in [3.05, 3.63) is 52.3 Å². The van der Waals surface area contributed by atoms with E-state index in [-0.39, 0.29) is 18.9 Å². The fourth-order valence-corrected chi connectivity index (χ4v) is 3.26. The van der Waals surface area contributed by atoms with E-state index in [0.717, 1.165) is 4.90 Å². The van der Waals surface area contributed by atoms with Gasteiger partial charge in [-0.2, -0.15) is 5.10 Å². The summed E-state index contributed by atoms with van der Waals surface area (Å²) >= 11 is 0. The standard InChI is InChI=1S/C18H19N3O4/c1-10-16(12(3)22)11(2)21(19-10)9-13(23)8-20-17(24)14-6-4-5-7-15(14)18(20)25/h4-7,13,23H,8-9H2,1-3H3/t13-/m1/s1. The molecule has 0 bridgehead atoms. The quantitative estimate of drug-likeness (QED) is 0.655. The van der Waals surface area contributed by atoms with Crippen molar-refractivity contribution in [2.75, 3.05) is 6.54 Å². The van der Waals surface area contributed by atoms with E-state index >= 15 is 0 Å². The molecule has 0 fully saturated rings. The lowest BCUT2D eigenvalue weighted by atomic mass is 10.1. The van der Waals surface area contributed by atoms with Crippen LogP contribution in [0.25, 0.3) is 0 Å². The van der Waals surface area contributed by atoms with Gasteiger partial charge >= 0.3 is 0 Å². The number of aromatic nitrogens is 2. The monoisotopic (exact) mass is 341 g/mol. The molecule has 1 atom stereocenters.